The summed E-state index contributed by atoms with van der Waals surface area (Å²) in [6, 6.07) is 23.7. The van der Waals surface area contributed by atoms with Gasteiger partial charge in [0.25, 0.3) is 5.91 Å². The molecule has 1 amide bonds. The van der Waals surface area contributed by atoms with Gasteiger partial charge in [0.15, 0.2) is 0 Å². The molecular weight excluding hydrogens is 438 g/mol. The molecule has 5 heteroatoms. The Bertz CT molecular complexity index is 1060. The third-order valence-corrected chi connectivity index (χ3v) is 7.56. The summed E-state index contributed by atoms with van der Waals surface area (Å²) in [5.41, 5.74) is 2.66. The number of halogens is 1. The molecule has 4 rings (SSSR count). The summed E-state index contributed by atoms with van der Waals surface area (Å²) >= 11 is 7.70. The van der Waals surface area contributed by atoms with Crippen molar-refractivity contribution in [1.82, 2.24) is 5.32 Å². The van der Waals surface area contributed by atoms with Gasteiger partial charge in [0.1, 0.15) is 11.4 Å². The number of hydrogen-bond donors (Lipinski definition) is 1. The first-order chi connectivity index (χ1) is 15.5. The van der Waals surface area contributed by atoms with E-state index < -0.39 is 0 Å². The first-order valence-electron chi connectivity index (χ1n) is 11.1. The van der Waals surface area contributed by atoms with Crippen LogP contribution in [0.4, 0.5) is 0 Å². The van der Waals surface area contributed by atoms with Crippen molar-refractivity contribution < 1.29 is 9.53 Å². The van der Waals surface area contributed by atoms with E-state index in [-0.39, 0.29) is 17.6 Å². The van der Waals surface area contributed by atoms with Crippen molar-refractivity contribution in [3.05, 3.63) is 94.5 Å². The molecule has 3 aromatic rings. The van der Waals surface area contributed by atoms with Gasteiger partial charge in [-0.15, -0.1) is 11.8 Å². The van der Waals surface area contributed by atoms with Crippen LogP contribution in [0.15, 0.2) is 77.7 Å². The first kappa shape index (κ1) is 22.8. The van der Waals surface area contributed by atoms with Crippen LogP contribution in [0.3, 0.4) is 0 Å². The van der Waals surface area contributed by atoms with Gasteiger partial charge in [-0.05, 0) is 60.9 Å². The van der Waals surface area contributed by atoms with Gasteiger partial charge in [0.2, 0.25) is 0 Å². The Kier molecular flexibility index (Phi) is 7.12. The van der Waals surface area contributed by atoms with Crippen molar-refractivity contribution in [2.24, 2.45) is 0 Å². The minimum atomic E-state index is -0.241. The van der Waals surface area contributed by atoms with Crippen molar-refractivity contribution in [3.8, 4) is 5.75 Å². The summed E-state index contributed by atoms with van der Waals surface area (Å²) in [5.74, 6) is 1.67. The summed E-state index contributed by atoms with van der Waals surface area (Å²) < 4.78 is 6.36. The average molecular weight is 466 g/mol. The molecule has 32 heavy (non-hydrogen) atoms. The molecule has 0 saturated carbocycles. The van der Waals surface area contributed by atoms with E-state index in [4.69, 9.17) is 16.3 Å². The predicted molar refractivity (Wildman–Crippen MR) is 133 cm³/mol. The zero-order valence-corrected chi connectivity index (χ0v) is 20.0. The van der Waals surface area contributed by atoms with Crippen LogP contribution in [0.25, 0.3) is 0 Å². The van der Waals surface area contributed by atoms with Crippen LogP contribution >= 0.6 is 23.4 Å². The summed E-state index contributed by atoms with van der Waals surface area (Å²) in [5, 5.41) is 4.00. The number of para-hydroxylation sites is 1. The number of fused-ring (bicyclic) bond motifs is 1. The highest BCUT2D eigenvalue weighted by molar-refractivity contribution is 7.98. The number of rotatable bonds is 7. The van der Waals surface area contributed by atoms with Crippen LogP contribution in [0.1, 0.15) is 60.6 Å². The van der Waals surface area contributed by atoms with E-state index in [9.17, 15) is 4.79 Å². The van der Waals surface area contributed by atoms with Gasteiger partial charge in [-0.1, -0.05) is 55.8 Å². The van der Waals surface area contributed by atoms with Crippen LogP contribution < -0.4 is 10.1 Å². The molecule has 0 bridgehead atoms. The second kappa shape index (κ2) is 10.0. The highest BCUT2D eigenvalue weighted by atomic mass is 35.5. The molecule has 0 saturated heterocycles. The smallest absolute Gasteiger partial charge is 0.251 e. The minimum Gasteiger partial charge on any atom is -0.487 e. The average Bonchev–Trinajstić information content (AvgIpc) is 2.84. The monoisotopic (exact) mass is 465 g/mol. The molecule has 1 aliphatic rings. The van der Waals surface area contributed by atoms with Crippen molar-refractivity contribution >= 4 is 29.3 Å². The van der Waals surface area contributed by atoms with Crippen molar-refractivity contribution in [2.45, 2.75) is 55.4 Å². The molecule has 1 N–H and O–H groups in total. The maximum absolute atomic E-state index is 13.1. The summed E-state index contributed by atoms with van der Waals surface area (Å²) in [6.07, 6.45) is 2.59. The number of ether oxygens (including phenoxy) is 1. The Morgan fingerprint density at radius 2 is 1.72 bits per heavy atom. The van der Waals surface area contributed by atoms with Crippen LogP contribution in [0, 0.1) is 0 Å². The minimum absolute atomic E-state index is 0.0512. The van der Waals surface area contributed by atoms with Gasteiger partial charge in [0, 0.05) is 33.2 Å². The van der Waals surface area contributed by atoms with Crippen molar-refractivity contribution in [3.63, 3.8) is 0 Å². The summed E-state index contributed by atoms with van der Waals surface area (Å²) in [6.45, 7) is 4.30. The Balaban J connectivity index is 1.43. The standard InChI is InChI=1S/C27H28ClNO2S/c1-3-27(4-2)17-24(23-7-5-6-8-25(23)31-27)29-26(30)20-11-9-19(10-12-20)18-32-22-15-13-21(28)14-16-22/h5-16,24H,3-4,17-18H2,1-2H3,(H,29,30)/t24-/m1/s1. The molecule has 0 aliphatic carbocycles. The van der Waals surface area contributed by atoms with Crippen molar-refractivity contribution in [2.75, 3.05) is 0 Å². The summed E-state index contributed by atoms with van der Waals surface area (Å²) in [7, 11) is 0. The second-order valence-electron chi connectivity index (χ2n) is 8.20. The Labute approximate surface area is 199 Å². The van der Waals surface area contributed by atoms with Gasteiger partial charge < -0.3 is 10.1 Å². The van der Waals surface area contributed by atoms with E-state index in [0.717, 1.165) is 41.4 Å². The molecule has 1 heterocycles. The Hall–Kier alpha value is -2.43. The number of thioether (sulfide) groups is 1. The third kappa shape index (κ3) is 5.13. The number of amides is 1. The fourth-order valence-electron chi connectivity index (χ4n) is 4.12. The second-order valence-corrected chi connectivity index (χ2v) is 9.68. The zero-order valence-electron chi connectivity index (χ0n) is 18.4. The largest absolute Gasteiger partial charge is 0.487 e. The van der Waals surface area contributed by atoms with E-state index >= 15 is 0 Å². The van der Waals surface area contributed by atoms with Gasteiger partial charge in [0.05, 0.1) is 6.04 Å². The molecule has 3 aromatic carbocycles. The number of hydrogen-bond acceptors (Lipinski definition) is 3. The van der Waals surface area contributed by atoms with Gasteiger partial charge >= 0.3 is 0 Å². The fourth-order valence-corrected chi connectivity index (χ4v) is 5.10. The van der Waals surface area contributed by atoms with Crippen LogP contribution in [0.2, 0.25) is 5.02 Å². The summed E-state index contributed by atoms with van der Waals surface area (Å²) in [4.78, 5) is 14.2. The Morgan fingerprint density at radius 1 is 1.03 bits per heavy atom. The number of carbonyl (C=O) groups excluding carboxylic acids is 1. The van der Waals surface area contributed by atoms with Gasteiger partial charge in [-0.25, -0.2) is 0 Å². The van der Waals surface area contributed by atoms with Gasteiger partial charge in [-0.3, -0.25) is 4.79 Å². The Morgan fingerprint density at radius 3 is 2.41 bits per heavy atom. The topological polar surface area (TPSA) is 38.3 Å². The lowest BCUT2D eigenvalue weighted by molar-refractivity contribution is 0.0227. The molecule has 1 atom stereocenters. The normalized spacial score (nSPS) is 16.7. The van der Waals surface area contributed by atoms with Crippen molar-refractivity contribution in [1.29, 1.82) is 0 Å². The fraction of sp³-hybridized carbons (Fsp3) is 0.296. The van der Waals surface area contributed by atoms with E-state index in [2.05, 4.69) is 19.2 Å². The number of carbonyl (C=O) groups is 1. The van der Waals surface area contributed by atoms with Crippen LogP contribution in [0.5, 0.6) is 5.75 Å². The molecular formula is C27H28ClNO2S. The van der Waals surface area contributed by atoms with Crippen LogP contribution in [-0.4, -0.2) is 11.5 Å². The first-order valence-corrected chi connectivity index (χ1v) is 12.4. The predicted octanol–water partition coefficient (Wildman–Crippen LogP) is 7.44. The molecule has 166 valence electrons. The quantitative estimate of drug-likeness (QED) is 0.368. The highest BCUT2D eigenvalue weighted by Gasteiger charge is 2.38. The lowest BCUT2D eigenvalue weighted by Crippen LogP contribution is -2.44. The maximum atomic E-state index is 13.1. The lowest BCUT2D eigenvalue weighted by Gasteiger charge is -2.41. The molecule has 0 spiro atoms. The molecule has 1 aliphatic heterocycles. The van der Waals surface area contributed by atoms with Crippen LogP contribution in [-0.2, 0) is 5.75 Å². The van der Waals surface area contributed by atoms with E-state index in [1.54, 1.807) is 11.8 Å². The number of nitrogens with one attached hydrogen (secondary N) is 1. The molecule has 0 aromatic heterocycles. The molecule has 0 unspecified atom stereocenters. The lowest BCUT2D eigenvalue weighted by atomic mass is 9.83. The van der Waals surface area contributed by atoms with E-state index in [0.29, 0.717) is 5.56 Å². The molecule has 3 nitrogen and oxygen atoms in total. The maximum Gasteiger partial charge on any atom is 0.251 e. The van der Waals surface area contributed by atoms with E-state index in [1.165, 1.54) is 10.5 Å². The molecule has 0 radical (unpaired) electrons. The van der Waals surface area contributed by atoms with Gasteiger partial charge in [-0.2, -0.15) is 0 Å². The zero-order chi connectivity index (χ0) is 22.6. The van der Waals surface area contributed by atoms with E-state index in [1.807, 2.05) is 72.8 Å². The molecule has 0 fully saturated rings. The SMILES string of the molecule is CCC1(CC)C[C@@H](NC(=O)c2ccc(CSc3ccc(Cl)cc3)cc2)c2ccccc2O1. The third-order valence-electron chi connectivity index (χ3n) is 6.23. The number of benzene rings is 3. The highest BCUT2D eigenvalue weighted by Crippen LogP contribution is 2.42.